The molecule has 1 fully saturated rings. The molecule has 6 heteroatoms. The Bertz CT molecular complexity index is 1200. The first kappa shape index (κ1) is 22.4. The number of phenolic OH excluding ortho intramolecular Hbond substituents is 1. The Morgan fingerprint density at radius 2 is 1.88 bits per heavy atom. The van der Waals surface area contributed by atoms with E-state index in [1.54, 1.807) is 12.1 Å². The number of aromatic nitrogens is 1. The number of alkyl halides is 1. The summed E-state index contributed by atoms with van der Waals surface area (Å²) in [6.45, 7) is 6.87. The zero-order chi connectivity index (χ0) is 23.7. The first-order valence-corrected chi connectivity index (χ1v) is 11.7. The minimum Gasteiger partial charge on any atom is -0.508 e. The molecule has 0 aliphatic carbocycles. The van der Waals surface area contributed by atoms with Crippen LogP contribution in [0.4, 0.5) is 4.39 Å². The van der Waals surface area contributed by atoms with E-state index >= 15 is 0 Å². The topological polar surface area (TPSA) is 54.8 Å². The van der Waals surface area contributed by atoms with Gasteiger partial charge in [-0.05, 0) is 66.9 Å². The molecule has 1 atom stereocenters. The molecule has 2 aromatic carbocycles. The molecule has 5 rings (SSSR count). The summed E-state index contributed by atoms with van der Waals surface area (Å²) in [5.41, 5.74) is 6.04. The number of aryl methyl sites for hydroxylation is 1. The third kappa shape index (κ3) is 4.50. The van der Waals surface area contributed by atoms with E-state index in [-0.39, 0.29) is 24.4 Å². The maximum Gasteiger partial charge on any atom is 0.150 e. The third-order valence-electron chi connectivity index (χ3n) is 6.57. The van der Waals surface area contributed by atoms with E-state index in [9.17, 15) is 9.50 Å². The summed E-state index contributed by atoms with van der Waals surface area (Å²) in [6.07, 6.45) is 3.38. The van der Waals surface area contributed by atoms with Gasteiger partial charge in [-0.1, -0.05) is 12.1 Å². The summed E-state index contributed by atoms with van der Waals surface area (Å²) >= 11 is 0. The van der Waals surface area contributed by atoms with E-state index in [1.807, 2.05) is 49.6 Å². The molecule has 1 unspecified atom stereocenters. The molecular weight excluding hydrogens is 431 g/mol. The second-order valence-electron chi connectivity index (χ2n) is 9.17. The SMILES string of the molecule is CC1=C(c2cncc(C)c2)C(c2ccc(OCCN3CC(CF)C3)cc2)Oc2ccc(O)cc21. The molecule has 0 amide bonds. The van der Waals surface area contributed by atoms with E-state index in [4.69, 9.17) is 9.47 Å². The number of hydrogen-bond donors (Lipinski definition) is 1. The van der Waals surface area contributed by atoms with Gasteiger partial charge in [0.05, 0.1) is 6.67 Å². The predicted octanol–water partition coefficient (Wildman–Crippen LogP) is 5.44. The molecule has 0 saturated carbocycles. The lowest BCUT2D eigenvalue weighted by molar-refractivity contribution is 0.0668. The van der Waals surface area contributed by atoms with Crippen molar-refractivity contribution >= 4 is 11.1 Å². The Hall–Kier alpha value is -3.38. The monoisotopic (exact) mass is 460 g/mol. The highest BCUT2D eigenvalue weighted by Gasteiger charge is 2.30. The molecule has 1 aromatic heterocycles. The highest BCUT2D eigenvalue weighted by Crippen LogP contribution is 2.47. The van der Waals surface area contributed by atoms with E-state index in [2.05, 4.69) is 22.9 Å². The molecule has 34 heavy (non-hydrogen) atoms. The van der Waals surface area contributed by atoms with Crippen molar-refractivity contribution in [3.8, 4) is 17.2 Å². The molecule has 2 aliphatic rings. The Balaban J connectivity index is 1.38. The van der Waals surface area contributed by atoms with Crippen LogP contribution in [0.2, 0.25) is 0 Å². The standard InChI is InChI=1S/C28H29FN2O3/c1-18-11-22(15-30-14-18)27-19(2)25-12-23(32)5-8-26(25)34-28(27)21-3-6-24(7-4-21)33-10-9-31-16-20(13-29)17-31/h3-8,11-12,14-15,20,28,32H,9-10,13,16-17H2,1-2H3. The van der Waals surface area contributed by atoms with Gasteiger partial charge in [-0.3, -0.25) is 14.3 Å². The molecule has 1 saturated heterocycles. The molecule has 3 aromatic rings. The second-order valence-corrected chi connectivity index (χ2v) is 9.17. The van der Waals surface area contributed by atoms with Gasteiger partial charge in [0.25, 0.3) is 0 Å². The smallest absolute Gasteiger partial charge is 0.150 e. The van der Waals surface area contributed by atoms with Crippen LogP contribution in [0.5, 0.6) is 17.2 Å². The van der Waals surface area contributed by atoms with Gasteiger partial charge < -0.3 is 14.6 Å². The van der Waals surface area contributed by atoms with Gasteiger partial charge in [0.15, 0.2) is 0 Å². The Morgan fingerprint density at radius 3 is 2.62 bits per heavy atom. The first-order valence-electron chi connectivity index (χ1n) is 11.7. The number of halogens is 1. The van der Waals surface area contributed by atoms with E-state index < -0.39 is 0 Å². The van der Waals surface area contributed by atoms with Crippen molar-refractivity contribution in [2.75, 3.05) is 32.9 Å². The van der Waals surface area contributed by atoms with Crippen molar-refractivity contribution in [2.24, 2.45) is 5.92 Å². The number of hydrogen-bond acceptors (Lipinski definition) is 5. The second kappa shape index (κ2) is 9.47. The fourth-order valence-electron chi connectivity index (χ4n) is 4.73. The number of aromatic hydroxyl groups is 1. The predicted molar refractivity (Wildman–Crippen MR) is 131 cm³/mol. The Labute approximate surface area is 199 Å². The molecule has 2 aliphatic heterocycles. The van der Waals surface area contributed by atoms with Crippen molar-refractivity contribution in [3.05, 3.63) is 83.2 Å². The van der Waals surface area contributed by atoms with Crippen LogP contribution in [0, 0.1) is 12.8 Å². The van der Waals surface area contributed by atoms with Crippen LogP contribution in [-0.2, 0) is 0 Å². The van der Waals surface area contributed by atoms with Crippen molar-refractivity contribution in [1.29, 1.82) is 0 Å². The van der Waals surface area contributed by atoms with Crippen LogP contribution in [0.1, 0.15) is 35.3 Å². The first-order chi connectivity index (χ1) is 16.5. The van der Waals surface area contributed by atoms with Gasteiger partial charge >= 0.3 is 0 Å². The van der Waals surface area contributed by atoms with Gasteiger partial charge in [0, 0.05) is 54.6 Å². The molecular formula is C28H29FN2O3. The number of benzene rings is 2. The van der Waals surface area contributed by atoms with Gasteiger partial charge in [-0.15, -0.1) is 0 Å². The molecule has 3 heterocycles. The molecule has 0 spiro atoms. The summed E-state index contributed by atoms with van der Waals surface area (Å²) in [6, 6.07) is 15.3. The van der Waals surface area contributed by atoms with Crippen LogP contribution in [-0.4, -0.2) is 47.9 Å². The van der Waals surface area contributed by atoms with Gasteiger partial charge in [-0.25, -0.2) is 0 Å². The fourth-order valence-corrected chi connectivity index (χ4v) is 4.73. The lowest BCUT2D eigenvalue weighted by Crippen LogP contribution is -2.49. The Morgan fingerprint density at radius 1 is 1.09 bits per heavy atom. The number of phenols is 1. The van der Waals surface area contributed by atoms with Crippen LogP contribution in [0.25, 0.3) is 11.1 Å². The lowest BCUT2D eigenvalue weighted by atomic mass is 9.86. The minimum atomic E-state index is -0.312. The zero-order valence-electron chi connectivity index (χ0n) is 19.5. The summed E-state index contributed by atoms with van der Waals surface area (Å²) in [5.74, 6) is 1.94. The third-order valence-corrected chi connectivity index (χ3v) is 6.57. The van der Waals surface area contributed by atoms with E-state index in [0.29, 0.717) is 6.61 Å². The maximum atomic E-state index is 12.6. The highest BCUT2D eigenvalue weighted by atomic mass is 19.1. The number of ether oxygens (including phenoxy) is 2. The van der Waals surface area contributed by atoms with E-state index in [1.165, 1.54) is 0 Å². The van der Waals surface area contributed by atoms with Gasteiger partial charge in [0.1, 0.15) is 30.0 Å². The number of pyridine rings is 1. The van der Waals surface area contributed by atoms with Crippen molar-refractivity contribution < 1.29 is 19.0 Å². The molecule has 5 nitrogen and oxygen atoms in total. The summed E-state index contributed by atoms with van der Waals surface area (Å²) in [7, 11) is 0. The van der Waals surface area contributed by atoms with Crippen LogP contribution < -0.4 is 9.47 Å². The van der Waals surface area contributed by atoms with Crippen molar-refractivity contribution in [3.63, 3.8) is 0 Å². The largest absolute Gasteiger partial charge is 0.508 e. The van der Waals surface area contributed by atoms with Crippen LogP contribution in [0.15, 0.2) is 60.9 Å². The number of allylic oxidation sites excluding steroid dienone is 1. The average molecular weight is 461 g/mol. The molecule has 1 N–H and O–H groups in total. The summed E-state index contributed by atoms with van der Waals surface area (Å²) < 4.78 is 25.0. The molecule has 0 bridgehead atoms. The normalized spacial score (nSPS) is 18.3. The average Bonchev–Trinajstić information content (AvgIpc) is 2.81. The van der Waals surface area contributed by atoms with Crippen LogP contribution in [0.3, 0.4) is 0 Å². The summed E-state index contributed by atoms with van der Waals surface area (Å²) in [4.78, 5) is 6.60. The highest BCUT2D eigenvalue weighted by molar-refractivity contribution is 5.95. The molecule has 176 valence electrons. The van der Waals surface area contributed by atoms with Crippen LogP contribution >= 0.6 is 0 Å². The number of likely N-dealkylation sites (tertiary alicyclic amines) is 1. The Kier molecular flexibility index (Phi) is 6.24. The van der Waals surface area contributed by atoms with Crippen molar-refractivity contribution in [2.45, 2.75) is 20.0 Å². The number of fused-ring (bicyclic) bond motifs is 1. The zero-order valence-corrected chi connectivity index (χ0v) is 19.5. The summed E-state index contributed by atoms with van der Waals surface area (Å²) in [5, 5.41) is 10.0. The number of rotatable bonds is 7. The molecule has 0 radical (unpaired) electrons. The van der Waals surface area contributed by atoms with E-state index in [0.717, 1.165) is 64.5 Å². The maximum absolute atomic E-state index is 12.6. The van der Waals surface area contributed by atoms with Gasteiger partial charge in [-0.2, -0.15) is 0 Å². The fraction of sp³-hybridized carbons (Fsp3) is 0.321. The minimum absolute atomic E-state index is 0.193. The lowest BCUT2D eigenvalue weighted by Gasteiger charge is -2.37. The van der Waals surface area contributed by atoms with Gasteiger partial charge in [0.2, 0.25) is 0 Å². The van der Waals surface area contributed by atoms with Crippen molar-refractivity contribution in [1.82, 2.24) is 9.88 Å². The quantitative estimate of drug-likeness (QED) is 0.509. The number of nitrogens with zero attached hydrogens (tertiary/aromatic N) is 2.